The van der Waals surface area contributed by atoms with Crippen molar-refractivity contribution in [3.8, 4) is 5.75 Å². The molecular formula is C18H19Cl3N2O4S. The Morgan fingerprint density at radius 3 is 2.36 bits per heavy atom. The van der Waals surface area contributed by atoms with Gasteiger partial charge in [0.25, 0.3) is 5.91 Å². The van der Waals surface area contributed by atoms with Crippen LogP contribution in [0.15, 0.2) is 41.3 Å². The quantitative estimate of drug-likeness (QED) is 0.524. The maximum Gasteiger partial charge on any atom is 0.262 e. The summed E-state index contributed by atoms with van der Waals surface area (Å²) >= 11 is 17.9. The van der Waals surface area contributed by atoms with Gasteiger partial charge in [0.2, 0.25) is 10.0 Å². The predicted molar refractivity (Wildman–Crippen MR) is 112 cm³/mol. The molecule has 0 spiro atoms. The van der Waals surface area contributed by atoms with E-state index in [1.165, 1.54) is 18.2 Å². The van der Waals surface area contributed by atoms with Gasteiger partial charge in [-0.1, -0.05) is 48.1 Å². The lowest BCUT2D eigenvalue weighted by Crippen LogP contribution is -2.24. The largest absolute Gasteiger partial charge is 0.482 e. The Hall–Kier alpha value is -1.51. The van der Waals surface area contributed by atoms with E-state index < -0.39 is 15.9 Å². The van der Waals surface area contributed by atoms with Crippen LogP contribution < -0.4 is 14.8 Å². The second kappa shape index (κ2) is 10.3. The van der Waals surface area contributed by atoms with Crippen molar-refractivity contribution in [1.29, 1.82) is 0 Å². The molecule has 0 heterocycles. The Kier molecular flexibility index (Phi) is 8.39. The number of nitrogens with one attached hydrogen (secondary N) is 2. The van der Waals surface area contributed by atoms with Gasteiger partial charge >= 0.3 is 0 Å². The van der Waals surface area contributed by atoms with E-state index in [0.717, 1.165) is 12.8 Å². The van der Waals surface area contributed by atoms with Crippen LogP contribution in [0.2, 0.25) is 15.1 Å². The minimum Gasteiger partial charge on any atom is -0.482 e. The summed E-state index contributed by atoms with van der Waals surface area (Å²) in [6, 6.07) is 8.68. The van der Waals surface area contributed by atoms with Crippen LogP contribution in [-0.2, 0) is 14.8 Å². The van der Waals surface area contributed by atoms with Crippen molar-refractivity contribution in [3.63, 3.8) is 0 Å². The first kappa shape index (κ1) is 22.8. The van der Waals surface area contributed by atoms with Crippen molar-refractivity contribution >= 4 is 56.4 Å². The molecular weight excluding hydrogens is 447 g/mol. The molecule has 6 nitrogen and oxygen atoms in total. The average Bonchev–Trinajstić information content (AvgIpc) is 2.59. The molecule has 2 aromatic carbocycles. The number of ether oxygens (including phenoxy) is 1. The number of rotatable bonds is 9. The predicted octanol–water partition coefficient (Wildman–Crippen LogP) is 4.74. The number of halogens is 3. The van der Waals surface area contributed by atoms with Crippen LogP contribution in [0.4, 0.5) is 5.69 Å². The standard InChI is InChI=1S/C18H19Cl3N2O4S/c1-2-3-6-22-28(25,26)15-4-5-17(16(21)10-15)27-11-18(24)23-14-8-12(19)7-13(20)9-14/h4-5,7-10,22H,2-3,6,11H2,1H3,(H,23,24). The fraction of sp³-hybridized carbons (Fsp3) is 0.278. The number of unbranched alkanes of at least 4 members (excludes halogenated alkanes) is 1. The van der Waals surface area contributed by atoms with Crippen LogP contribution in [0.5, 0.6) is 5.75 Å². The lowest BCUT2D eigenvalue weighted by atomic mass is 10.3. The zero-order valence-corrected chi connectivity index (χ0v) is 18.1. The van der Waals surface area contributed by atoms with Gasteiger partial charge in [0, 0.05) is 22.3 Å². The van der Waals surface area contributed by atoms with Crippen molar-refractivity contribution in [1.82, 2.24) is 4.72 Å². The number of carbonyl (C=O) groups is 1. The van der Waals surface area contributed by atoms with Gasteiger partial charge in [0.1, 0.15) is 5.75 Å². The number of hydrogen-bond acceptors (Lipinski definition) is 4. The summed E-state index contributed by atoms with van der Waals surface area (Å²) in [6.45, 7) is 1.99. The molecule has 0 atom stereocenters. The van der Waals surface area contributed by atoms with Crippen molar-refractivity contribution in [2.24, 2.45) is 0 Å². The minimum atomic E-state index is -3.65. The Morgan fingerprint density at radius 1 is 1.07 bits per heavy atom. The SMILES string of the molecule is CCCCNS(=O)(=O)c1ccc(OCC(=O)Nc2cc(Cl)cc(Cl)c2)c(Cl)c1. The van der Waals surface area contributed by atoms with Crippen molar-refractivity contribution in [2.75, 3.05) is 18.5 Å². The highest BCUT2D eigenvalue weighted by Crippen LogP contribution is 2.27. The van der Waals surface area contributed by atoms with E-state index in [9.17, 15) is 13.2 Å². The van der Waals surface area contributed by atoms with Crippen LogP contribution in [0.1, 0.15) is 19.8 Å². The van der Waals surface area contributed by atoms with Crippen LogP contribution in [0.25, 0.3) is 0 Å². The molecule has 0 saturated carbocycles. The third-order valence-corrected chi connectivity index (χ3v) is 5.73. The third-order valence-electron chi connectivity index (χ3n) is 3.54. The second-order valence-corrected chi connectivity index (χ2v) is 8.89. The number of anilines is 1. The second-order valence-electron chi connectivity index (χ2n) is 5.84. The molecule has 0 bridgehead atoms. The summed E-state index contributed by atoms with van der Waals surface area (Å²) in [7, 11) is -3.65. The molecule has 10 heteroatoms. The Morgan fingerprint density at radius 2 is 1.75 bits per heavy atom. The van der Waals surface area contributed by atoms with Crippen LogP contribution in [-0.4, -0.2) is 27.5 Å². The first-order valence-electron chi connectivity index (χ1n) is 8.39. The van der Waals surface area contributed by atoms with Gasteiger partial charge in [-0.05, 0) is 42.8 Å². The highest BCUT2D eigenvalue weighted by atomic mass is 35.5. The van der Waals surface area contributed by atoms with Crippen LogP contribution in [0.3, 0.4) is 0 Å². The van der Waals surface area contributed by atoms with E-state index in [4.69, 9.17) is 39.5 Å². The van der Waals surface area contributed by atoms with Crippen LogP contribution in [0, 0.1) is 0 Å². The highest BCUT2D eigenvalue weighted by molar-refractivity contribution is 7.89. The molecule has 0 radical (unpaired) electrons. The molecule has 0 unspecified atom stereocenters. The molecule has 0 aliphatic carbocycles. The van der Waals surface area contributed by atoms with Gasteiger partial charge < -0.3 is 10.1 Å². The molecule has 152 valence electrons. The molecule has 0 fully saturated rings. The van der Waals surface area contributed by atoms with E-state index >= 15 is 0 Å². The van der Waals surface area contributed by atoms with E-state index in [1.54, 1.807) is 18.2 Å². The van der Waals surface area contributed by atoms with Crippen molar-refractivity contribution in [2.45, 2.75) is 24.7 Å². The summed E-state index contributed by atoms with van der Waals surface area (Å²) in [5.74, 6) is -0.263. The highest BCUT2D eigenvalue weighted by Gasteiger charge is 2.16. The van der Waals surface area contributed by atoms with Crippen LogP contribution >= 0.6 is 34.8 Å². The monoisotopic (exact) mass is 464 g/mol. The lowest BCUT2D eigenvalue weighted by molar-refractivity contribution is -0.118. The lowest BCUT2D eigenvalue weighted by Gasteiger charge is -2.11. The van der Waals surface area contributed by atoms with Gasteiger partial charge in [-0.2, -0.15) is 0 Å². The summed E-state index contributed by atoms with van der Waals surface area (Å²) in [5, 5.41) is 3.45. The molecule has 28 heavy (non-hydrogen) atoms. The van der Waals surface area contributed by atoms with Gasteiger partial charge in [0.05, 0.1) is 9.92 Å². The molecule has 1 amide bonds. The van der Waals surface area contributed by atoms with Crippen molar-refractivity contribution < 1.29 is 17.9 Å². The van der Waals surface area contributed by atoms with Gasteiger partial charge in [-0.15, -0.1) is 0 Å². The topological polar surface area (TPSA) is 84.5 Å². The number of sulfonamides is 1. The molecule has 2 aromatic rings. The smallest absolute Gasteiger partial charge is 0.262 e. The third kappa shape index (κ3) is 6.83. The van der Waals surface area contributed by atoms with E-state index in [2.05, 4.69) is 10.0 Å². The summed E-state index contributed by atoms with van der Waals surface area (Å²) in [6.07, 6.45) is 1.61. The molecule has 0 aliphatic heterocycles. The average molecular weight is 466 g/mol. The van der Waals surface area contributed by atoms with E-state index in [1.807, 2.05) is 6.92 Å². The maximum atomic E-state index is 12.2. The molecule has 0 saturated heterocycles. The Labute approximate surface area is 179 Å². The fourth-order valence-corrected chi connectivity index (χ4v) is 4.12. The minimum absolute atomic E-state index is 0.0268. The normalized spacial score (nSPS) is 11.3. The maximum absolute atomic E-state index is 12.2. The summed E-state index contributed by atoms with van der Waals surface area (Å²) in [5.41, 5.74) is 0.428. The van der Waals surface area contributed by atoms with Gasteiger partial charge in [-0.3, -0.25) is 4.79 Å². The fourth-order valence-electron chi connectivity index (χ4n) is 2.20. The number of hydrogen-bond donors (Lipinski definition) is 2. The zero-order valence-electron chi connectivity index (χ0n) is 15.0. The van der Waals surface area contributed by atoms with E-state index in [-0.39, 0.29) is 22.3 Å². The first-order chi connectivity index (χ1) is 13.2. The van der Waals surface area contributed by atoms with Crippen molar-refractivity contribution in [3.05, 3.63) is 51.5 Å². The first-order valence-corrected chi connectivity index (χ1v) is 11.0. The zero-order chi connectivity index (χ0) is 20.7. The Bertz CT molecular complexity index is 932. The molecule has 2 N–H and O–H groups in total. The van der Waals surface area contributed by atoms with Gasteiger partial charge in [-0.25, -0.2) is 13.1 Å². The van der Waals surface area contributed by atoms with Gasteiger partial charge in [0.15, 0.2) is 6.61 Å². The molecule has 2 rings (SSSR count). The number of amides is 1. The molecule has 0 aliphatic rings. The number of carbonyl (C=O) groups excluding carboxylic acids is 1. The summed E-state index contributed by atoms with van der Waals surface area (Å²) < 4.78 is 32.3. The Balaban J connectivity index is 1.98. The molecule has 0 aromatic heterocycles. The summed E-state index contributed by atoms with van der Waals surface area (Å²) in [4.78, 5) is 12.0. The number of benzene rings is 2. The van der Waals surface area contributed by atoms with E-state index in [0.29, 0.717) is 22.3 Å².